The first-order chi connectivity index (χ1) is 10.6. The van der Waals surface area contributed by atoms with E-state index in [1.807, 2.05) is 25.1 Å². The maximum atomic E-state index is 12.6. The van der Waals surface area contributed by atoms with Crippen LogP contribution in [0.15, 0.2) is 47.4 Å². The van der Waals surface area contributed by atoms with E-state index in [1.54, 1.807) is 24.3 Å². The zero-order valence-electron chi connectivity index (χ0n) is 14.2. The summed E-state index contributed by atoms with van der Waals surface area (Å²) in [4.78, 5) is 0.139. The molecule has 2 aromatic carbocycles. The quantitative estimate of drug-likeness (QED) is 0.916. The van der Waals surface area contributed by atoms with Gasteiger partial charge in [0.25, 0.3) is 10.0 Å². The largest absolute Gasteiger partial charge is 0.495 e. The van der Waals surface area contributed by atoms with Crippen molar-refractivity contribution in [3.63, 3.8) is 0 Å². The number of rotatable bonds is 4. The van der Waals surface area contributed by atoms with Crippen LogP contribution in [0.1, 0.15) is 31.9 Å². The van der Waals surface area contributed by atoms with Crippen molar-refractivity contribution in [2.45, 2.75) is 38.0 Å². The molecule has 0 heterocycles. The van der Waals surface area contributed by atoms with Gasteiger partial charge in [0.15, 0.2) is 0 Å². The summed E-state index contributed by atoms with van der Waals surface area (Å²) in [6, 6.07) is 12.5. The highest BCUT2D eigenvalue weighted by Crippen LogP contribution is 2.28. The van der Waals surface area contributed by atoms with Crippen LogP contribution in [0.5, 0.6) is 5.75 Å². The normalized spacial score (nSPS) is 12.0. The summed E-state index contributed by atoms with van der Waals surface area (Å²) in [5, 5.41) is 0. The standard InChI is InChI=1S/C18H23NO3S/c1-13-6-11-16(22-5)17(12-13)23(20,21)19-15-9-7-14(8-10-15)18(2,3)4/h6-12,19H,1-5H3. The monoisotopic (exact) mass is 333 g/mol. The second kappa shape index (κ2) is 6.24. The Hall–Kier alpha value is -2.01. The van der Waals surface area contributed by atoms with Crippen LogP contribution in [0.3, 0.4) is 0 Å². The Bertz CT molecular complexity index is 788. The molecule has 2 rings (SSSR count). The number of ether oxygens (including phenoxy) is 1. The summed E-state index contributed by atoms with van der Waals surface area (Å²) in [5.41, 5.74) is 2.56. The van der Waals surface area contributed by atoms with Crippen molar-refractivity contribution in [2.75, 3.05) is 11.8 Å². The molecule has 4 nitrogen and oxygen atoms in total. The molecule has 0 saturated heterocycles. The fraction of sp³-hybridized carbons (Fsp3) is 0.333. The lowest BCUT2D eigenvalue weighted by molar-refractivity contribution is 0.402. The van der Waals surface area contributed by atoms with Crippen molar-refractivity contribution in [1.82, 2.24) is 0 Å². The predicted molar refractivity (Wildman–Crippen MR) is 93.7 cm³/mol. The maximum absolute atomic E-state index is 12.6. The van der Waals surface area contributed by atoms with Gasteiger partial charge in [-0.25, -0.2) is 8.42 Å². The molecule has 0 amide bonds. The van der Waals surface area contributed by atoms with Gasteiger partial charge in [-0.15, -0.1) is 0 Å². The van der Waals surface area contributed by atoms with Crippen LogP contribution >= 0.6 is 0 Å². The van der Waals surface area contributed by atoms with Gasteiger partial charge in [-0.05, 0) is 47.7 Å². The van der Waals surface area contributed by atoms with Gasteiger partial charge in [-0.3, -0.25) is 4.72 Å². The predicted octanol–water partition coefficient (Wildman–Crippen LogP) is 4.10. The van der Waals surface area contributed by atoms with Crippen molar-refractivity contribution >= 4 is 15.7 Å². The molecule has 2 aromatic rings. The molecule has 5 heteroatoms. The van der Waals surface area contributed by atoms with Crippen LogP contribution < -0.4 is 9.46 Å². The number of nitrogens with one attached hydrogen (secondary N) is 1. The van der Waals surface area contributed by atoms with Crippen LogP contribution in [0, 0.1) is 6.92 Å². The molecule has 0 saturated carbocycles. The van der Waals surface area contributed by atoms with E-state index in [0.717, 1.165) is 11.1 Å². The number of hydrogen-bond donors (Lipinski definition) is 1. The topological polar surface area (TPSA) is 55.4 Å². The number of sulfonamides is 1. The summed E-state index contributed by atoms with van der Waals surface area (Å²) >= 11 is 0. The molecule has 0 aliphatic heterocycles. The van der Waals surface area contributed by atoms with Crippen molar-refractivity contribution < 1.29 is 13.2 Å². The van der Waals surface area contributed by atoms with Gasteiger partial charge in [0.05, 0.1) is 7.11 Å². The number of methoxy groups -OCH3 is 1. The highest BCUT2D eigenvalue weighted by atomic mass is 32.2. The second-order valence-corrected chi connectivity index (χ2v) is 8.24. The summed E-state index contributed by atoms with van der Waals surface area (Å²) < 4.78 is 33.0. The van der Waals surface area contributed by atoms with Gasteiger partial charge >= 0.3 is 0 Å². The Morgan fingerprint density at radius 3 is 2.13 bits per heavy atom. The number of benzene rings is 2. The number of anilines is 1. The summed E-state index contributed by atoms with van der Waals surface area (Å²) in [6.07, 6.45) is 0. The van der Waals surface area contributed by atoms with Gasteiger partial charge < -0.3 is 4.74 Å². The molecule has 0 fully saturated rings. The van der Waals surface area contributed by atoms with Crippen LogP contribution in [0.25, 0.3) is 0 Å². The van der Waals surface area contributed by atoms with E-state index in [9.17, 15) is 8.42 Å². The van der Waals surface area contributed by atoms with E-state index in [4.69, 9.17) is 4.74 Å². The molecule has 0 bridgehead atoms. The molecular weight excluding hydrogens is 310 g/mol. The van der Waals surface area contributed by atoms with Crippen LogP contribution in [0.4, 0.5) is 5.69 Å². The molecular formula is C18H23NO3S. The SMILES string of the molecule is COc1ccc(C)cc1S(=O)(=O)Nc1ccc(C(C)(C)C)cc1. The smallest absolute Gasteiger partial charge is 0.265 e. The average Bonchev–Trinajstić information content (AvgIpc) is 2.46. The Kier molecular flexibility index (Phi) is 4.71. The minimum atomic E-state index is -3.70. The number of aryl methyl sites for hydroxylation is 1. The number of hydrogen-bond acceptors (Lipinski definition) is 3. The third-order valence-corrected chi connectivity index (χ3v) is 5.01. The molecule has 1 N–H and O–H groups in total. The van der Waals surface area contributed by atoms with Gasteiger partial charge in [-0.2, -0.15) is 0 Å². The molecule has 124 valence electrons. The first-order valence-corrected chi connectivity index (χ1v) is 8.90. The Labute approximate surface area is 138 Å². The highest BCUT2D eigenvalue weighted by molar-refractivity contribution is 7.92. The molecule has 23 heavy (non-hydrogen) atoms. The third-order valence-electron chi connectivity index (χ3n) is 3.61. The van der Waals surface area contributed by atoms with Crippen molar-refractivity contribution in [3.8, 4) is 5.75 Å². The van der Waals surface area contributed by atoms with Crippen molar-refractivity contribution in [3.05, 3.63) is 53.6 Å². The van der Waals surface area contributed by atoms with Crippen molar-refractivity contribution in [1.29, 1.82) is 0 Å². The van der Waals surface area contributed by atoms with Crippen LogP contribution in [0.2, 0.25) is 0 Å². The van der Waals surface area contributed by atoms with E-state index in [1.165, 1.54) is 7.11 Å². The fourth-order valence-electron chi connectivity index (χ4n) is 2.24. The highest BCUT2D eigenvalue weighted by Gasteiger charge is 2.20. The van der Waals surface area contributed by atoms with Gasteiger partial charge in [0.1, 0.15) is 10.6 Å². The van der Waals surface area contributed by atoms with Crippen LogP contribution in [-0.4, -0.2) is 15.5 Å². The van der Waals surface area contributed by atoms with Crippen molar-refractivity contribution in [2.24, 2.45) is 0 Å². The zero-order valence-corrected chi connectivity index (χ0v) is 15.0. The first-order valence-electron chi connectivity index (χ1n) is 7.41. The van der Waals surface area contributed by atoms with E-state index in [0.29, 0.717) is 11.4 Å². The molecule has 0 atom stereocenters. The lowest BCUT2D eigenvalue weighted by Crippen LogP contribution is -2.15. The van der Waals surface area contributed by atoms with Gasteiger partial charge in [0.2, 0.25) is 0 Å². The Morgan fingerprint density at radius 1 is 1.00 bits per heavy atom. The lowest BCUT2D eigenvalue weighted by Gasteiger charge is -2.19. The maximum Gasteiger partial charge on any atom is 0.265 e. The fourth-order valence-corrected chi connectivity index (χ4v) is 3.56. The van der Waals surface area contributed by atoms with Gasteiger partial charge in [0, 0.05) is 5.69 Å². The van der Waals surface area contributed by atoms with Gasteiger partial charge in [-0.1, -0.05) is 39.0 Å². The average molecular weight is 333 g/mol. The van der Waals surface area contributed by atoms with E-state index in [2.05, 4.69) is 25.5 Å². The third kappa shape index (κ3) is 4.05. The second-order valence-electron chi connectivity index (χ2n) is 6.59. The molecule has 0 spiro atoms. The molecule has 0 unspecified atom stereocenters. The minimum absolute atomic E-state index is 0.0250. The van der Waals surface area contributed by atoms with E-state index in [-0.39, 0.29) is 10.3 Å². The molecule has 0 aliphatic rings. The summed E-state index contributed by atoms with van der Waals surface area (Å²) in [5.74, 6) is 0.328. The molecule has 0 aromatic heterocycles. The van der Waals surface area contributed by atoms with Crippen LogP contribution in [-0.2, 0) is 15.4 Å². The minimum Gasteiger partial charge on any atom is -0.495 e. The van der Waals surface area contributed by atoms with E-state index >= 15 is 0 Å². The zero-order chi connectivity index (χ0) is 17.3. The Morgan fingerprint density at radius 2 is 1.61 bits per heavy atom. The van der Waals surface area contributed by atoms with E-state index < -0.39 is 10.0 Å². The lowest BCUT2D eigenvalue weighted by atomic mass is 9.87. The molecule has 0 aliphatic carbocycles. The summed E-state index contributed by atoms with van der Waals surface area (Å²) in [6.45, 7) is 8.19. The Balaban J connectivity index is 2.34. The summed E-state index contributed by atoms with van der Waals surface area (Å²) in [7, 11) is -2.24. The first kappa shape index (κ1) is 17.3. The molecule has 0 radical (unpaired) electrons.